The van der Waals surface area contributed by atoms with Gasteiger partial charge < -0.3 is 15.7 Å². The zero-order valence-electron chi connectivity index (χ0n) is 12.3. The predicted molar refractivity (Wildman–Crippen MR) is 80.0 cm³/mol. The summed E-state index contributed by atoms with van der Waals surface area (Å²) >= 11 is 0. The number of carboxylic acids is 1. The number of carbonyl (C=O) groups is 2. The number of benzene rings is 1. The van der Waals surface area contributed by atoms with Gasteiger partial charge in [0.15, 0.2) is 0 Å². The monoisotopic (exact) mass is 290 g/mol. The van der Waals surface area contributed by atoms with E-state index in [2.05, 4.69) is 10.6 Å². The number of amides is 1. The van der Waals surface area contributed by atoms with E-state index in [1.54, 1.807) is 0 Å². The molecule has 1 amide bonds. The number of carboxylic acid groups (broad SMARTS) is 1. The lowest BCUT2D eigenvalue weighted by molar-refractivity contribution is -0.142. The van der Waals surface area contributed by atoms with Gasteiger partial charge in [-0.15, -0.1) is 0 Å². The number of carbonyl (C=O) groups excluding carboxylic acids is 1. The van der Waals surface area contributed by atoms with Gasteiger partial charge in [-0.3, -0.25) is 4.79 Å². The largest absolute Gasteiger partial charge is 0.480 e. The van der Waals surface area contributed by atoms with Crippen LogP contribution in [0.15, 0.2) is 30.3 Å². The summed E-state index contributed by atoms with van der Waals surface area (Å²) in [6.45, 7) is 2.62. The Bertz CT molecular complexity index is 496. The molecule has 0 bridgehead atoms. The molecule has 0 saturated carbocycles. The molecule has 0 spiro atoms. The van der Waals surface area contributed by atoms with Crippen molar-refractivity contribution >= 4 is 11.9 Å². The Morgan fingerprint density at radius 3 is 2.67 bits per heavy atom. The summed E-state index contributed by atoms with van der Waals surface area (Å²) in [6, 6.07) is 8.84. The fourth-order valence-corrected chi connectivity index (χ4v) is 2.62. The standard InChI is InChI=1S/C16H22N2O3/c1-16(10-5-11-17-16)15(21)18-13(14(19)20)9-8-12-6-3-2-4-7-12/h2-4,6-7,13,17H,5,8-11H2,1H3,(H,18,21)(H,19,20)/t13-,16?/m0/s1. The second kappa shape index (κ2) is 6.72. The van der Waals surface area contributed by atoms with Crippen molar-refractivity contribution in [1.29, 1.82) is 0 Å². The predicted octanol–water partition coefficient (Wildman–Crippen LogP) is 1.33. The highest BCUT2D eigenvalue weighted by molar-refractivity contribution is 5.90. The fourth-order valence-electron chi connectivity index (χ4n) is 2.62. The molecule has 1 fully saturated rings. The van der Waals surface area contributed by atoms with Gasteiger partial charge >= 0.3 is 5.97 Å². The van der Waals surface area contributed by atoms with Crippen LogP contribution in [0.5, 0.6) is 0 Å². The first kappa shape index (κ1) is 15.5. The van der Waals surface area contributed by atoms with Crippen molar-refractivity contribution in [2.45, 2.75) is 44.2 Å². The Kier molecular flexibility index (Phi) is 4.96. The summed E-state index contributed by atoms with van der Waals surface area (Å²) in [7, 11) is 0. The van der Waals surface area contributed by atoms with E-state index in [9.17, 15) is 14.7 Å². The highest BCUT2D eigenvalue weighted by Gasteiger charge is 2.37. The van der Waals surface area contributed by atoms with Gasteiger partial charge in [0, 0.05) is 0 Å². The third-order valence-corrected chi connectivity index (χ3v) is 4.04. The maximum Gasteiger partial charge on any atom is 0.326 e. The van der Waals surface area contributed by atoms with Crippen molar-refractivity contribution in [3.05, 3.63) is 35.9 Å². The maximum atomic E-state index is 12.3. The minimum atomic E-state index is -0.985. The fraction of sp³-hybridized carbons (Fsp3) is 0.500. The van der Waals surface area contributed by atoms with E-state index in [4.69, 9.17) is 0 Å². The summed E-state index contributed by atoms with van der Waals surface area (Å²) < 4.78 is 0. The molecule has 1 aromatic rings. The van der Waals surface area contributed by atoms with Gasteiger partial charge in [-0.2, -0.15) is 0 Å². The first-order valence-corrected chi connectivity index (χ1v) is 7.34. The maximum absolute atomic E-state index is 12.3. The van der Waals surface area contributed by atoms with Crippen LogP contribution in [0.4, 0.5) is 0 Å². The Morgan fingerprint density at radius 2 is 2.10 bits per heavy atom. The summed E-state index contributed by atoms with van der Waals surface area (Å²) in [5, 5.41) is 15.1. The first-order chi connectivity index (χ1) is 10.0. The molecular weight excluding hydrogens is 268 g/mol. The van der Waals surface area contributed by atoms with E-state index in [1.807, 2.05) is 37.3 Å². The molecule has 0 radical (unpaired) electrons. The van der Waals surface area contributed by atoms with Crippen molar-refractivity contribution in [3.63, 3.8) is 0 Å². The van der Waals surface area contributed by atoms with Crippen molar-refractivity contribution in [2.75, 3.05) is 6.54 Å². The van der Waals surface area contributed by atoms with Gasteiger partial charge in [0.25, 0.3) is 0 Å². The average Bonchev–Trinajstić information content (AvgIpc) is 2.92. The highest BCUT2D eigenvalue weighted by Crippen LogP contribution is 2.19. The van der Waals surface area contributed by atoms with Gasteiger partial charge in [-0.05, 0) is 44.7 Å². The molecule has 0 aromatic heterocycles. The second-order valence-corrected chi connectivity index (χ2v) is 5.75. The van der Waals surface area contributed by atoms with E-state index >= 15 is 0 Å². The minimum Gasteiger partial charge on any atom is -0.480 e. The van der Waals surface area contributed by atoms with Crippen molar-refractivity contribution in [3.8, 4) is 0 Å². The second-order valence-electron chi connectivity index (χ2n) is 5.75. The third kappa shape index (κ3) is 4.04. The van der Waals surface area contributed by atoms with Crippen molar-refractivity contribution in [1.82, 2.24) is 10.6 Å². The molecule has 1 aromatic carbocycles. The van der Waals surface area contributed by atoms with Crippen LogP contribution in [0.3, 0.4) is 0 Å². The number of hydrogen-bond donors (Lipinski definition) is 3. The molecule has 5 nitrogen and oxygen atoms in total. The molecule has 2 rings (SSSR count). The molecule has 2 atom stereocenters. The number of aryl methyl sites for hydroxylation is 1. The molecule has 21 heavy (non-hydrogen) atoms. The van der Waals surface area contributed by atoms with E-state index in [0.29, 0.717) is 12.8 Å². The molecule has 3 N–H and O–H groups in total. The lowest BCUT2D eigenvalue weighted by Crippen LogP contribution is -2.55. The lowest BCUT2D eigenvalue weighted by atomic mass is 9.98. The van der Waals surface area contributed by atoms with Gasteiger partial charge in [0.1, 0.15) is 6.04 Å². The summed E-state index contributed by atoms with van der Waals surface area (Å²) in [5.74, 6) is -1.21. The lowest BCUT2D eigenvalue weighted by Gasteiger charge is -2.25. The van der Waals surface area contributed by atoms with Gasteiger partial charge in [-0.25, -0.2) is 4.79 Å². The molecule has 1 aliphatic heterocycles. The SMILES string of the molecule is CC1(C(=O)N[C@@H](CCc2ccccc2)C(=O)O)CCCN1. The Hall–Kier alpha value is -1.88. The molecule has 114 valence electrons. The Labute approximate surface area is 124 Å². The van der Waals surface area contributed by atoms with E-state index < -0.39 is 17.6 Å². The number of rotatable bonds is 6. The quantitative estimate of drug-likeness (QED) is 0.738. The van der Waals surface area contributed by atoms with Crippen molar-refractivity contribution < 1.29 is 14.7 Å². The van der Waals surface area contributed by atoms with Gasteiger partial charge in [-0.1, -0.05) is 30.3 Å². The van der Waals surface area contributed by atoms with Gasteiger partial charge in [0.05, 0.1) is 5.54 Å². The molecular formula is C16H22N2O3. The van der Waals surface area contributed by atoms with E-state index in [0.717, 1.165) is 24.9 Å². The normalized spacial score (nSPS) is 22.7. The molecule has 1 saturated heterocycles. The molecule has 0 aliphatic carbocycles. The van der Waals surface area contributed by atoms with Crippen LogP contribution in [0.2, 0.25) is 0 Å². The molecule has 1 heterocycles. The highest BCUT2D eigenvalue weighted by atomic mass is 16.4. The third-order valence-electron chi connectivity index (χ3n) is 4.04. The average molecular weight is 290 g/mol. The van der Waals surface area contributed by atoms with Crippen LogP contribution in [0, 0.1) is 0 Å². The first-order valence-electron chi connectivity index (χ1n) is 7.34. The van der Waals surface area contributed by atoms with Crippen molar-refractivity contribution in [2.24, 2.45) is 0 Å². The molecule has 5 heteroatoms. The number of aliphatic carboxylic acids is 1. The molecule has 1 unspecified atom stereocenters. The van der Waals surface area contributed by atoms with Gasteiger partial charge in [0.2, 0.25) is 5.91 Å². The minimum absolute atomic E-state index is 0.222. The molecule has 1 aliphatic rings. The number of nitrogens with one attached hydrogen (secondary N) is 2. The summed E-state index contributed by atoms with van der Waals surface area (Å²) in [6.07, 6.45) is 2.69. The van der Waals surface area contributed by atoms with Crippen LogP contribution in [-0.2, 0) is 16.0 Å². The van der Waals surface area contributed by atoms with E-state index in [-0.39, 0.29) is 5.91 Å². The summed E-state index contributed by atoms with van der Waals surface area (Å²) in [5.41, 5.74) is 0.434. The Balaban J connectivity index is 1.93. The van der Waals surface area contributed by atoms with Crippen LogP contribution >= 0.6 is 0 Å². The van der Waals surface area contributed by atoms with Crippen LogP contribution in [0.1, 0.15) is 31.7 Å². The number of hydrogen-bond acceptors (Lipinski definition) is 3. The smallest absolute Gasteiger partial charge is 0.326 e. The topological polar surface area (TPSA) is 78.4 Å². The van der Waals surface area contributed by atoms with E-state index in [1.165, 1.54) is 0 Å². The zero-order valence-corrected chi connectivity index (χ0v) is 12.3. The van der Waals surface area contributed by atoms with Crippen LogP contribution in [-0.4, -0.2) is 35.1 Å². The van der Waals surface area contributed by atoms with Crippen LogP contribution in [0.25, 0.3) is 0 Å². The van der Waals surface area contributed by atoms with Crippen LogP contribution < -0.4 is 10.6 Å². The Morgan fingerprint density at radius 1 is 1.38 bits per heavy atom. The zero-order chi connectivity index (χ0) is 15.3. The summed E-state index contributed by atoms with van der Waals surface area (Å²) in [4.78, 5) is 23.6.